The molecule has 0 saturated carbocycles. The topological polar surface area (TPSA) is 78.8 Å². The maximum Gasteiger partial charge on any atom is 0.245 e. The number of carbonyl (C=O) groups excluding carboxylic acids is 1. The Kier molecular flexibility index (Phi) is 5.84. The highest BCUT2D eigenvalue weighted by molar-refractivity contribution is 6.30. The van der Waals surface area contributed by atoms with Gasteiger partial charge in [0.2, 0.25) is 5.91 Å². The van der Waals surface area contributed by atoms with Crippen LogP contribution >= 0.6 is 11.6 Å². The third-order valence-corrected chi connectivity index (χ3v) is 3.84. The highest BCUT2D eigenvalue weighted by Crippen LogP contribution is 2.34. The highest BCUT2D eigenvalue weighted by Gasteiger charge is 2.25. The van der Waals surface area contributed by atoms with Gasteiger partial charge in [-0.2, -0.15) is 0 Å². The Hall–Kier alpha value is -2.50. The van der Waals surface area contributed by atoms with Crippen molar-refractivity contribution in [3.63, 3.8) is 0 Å². The van der Waals surface area contributed by atoms with Crippen LogP contribution < -0.4 is 10.1 Å². The number of aliphatic hydroxyl groups is 1. The van der Waals surface area contributed by atoms with Gasteiger partial charge in [-0.15, -0.1) is 0 Å². The number of carbonyl (C=O) groups is 1. The first-order valence-corrected chi connectivity index (χ1v) is 7.57. The highest BCUT2D eigenvalue weighted by atomic mass is 35.5. The normalized spacial score (nSPS) is 13.0. The Balaban J connectivity index is 2.47. The molecule has 0 aliphatic carbocycles. The van der Waals surface area contributed by atoms with Gasteiger partial charge < -0.3 is 20.3 Å². The lowest BCUT2D eigenvalue weighted by Gasteiger charge is -2.25. The Morgan fingerprint density at radius 1 is 1.25 bits per heavy atom. The van der Waals surface area contributed by atoms with Crippen LogP contribution in [0.1, 0.15) is 17.0 Å². The number of hydrogen-bond donors (Lipinski definition) is 3. The molecule has 0 fully saturated rings. The van der Waals surface area contributed by atoms with Crippen molar-refractivity contribution in [2.24, 2.45) is 0 Å². The van der Waals surface area contributed by atoms with Gasteiger partial charge in [0.05, 0.1) is 13.0 Å². The maximum atomic E-state index is 11.5. The zero-order valence-corrected chi connectivity index (χ0v) is 13.8. The van der Waals surface area contributed by atoms with E-state index in [1.165, 1.54) is 13.2 Å². The van der Waals surface area contributed by atoms with Crippen LogP contribution in [0.2, 0.25) is 5.02 Å². The Bertz CT molecular complexity index is 730. The number of aliphatic hydroxyl groups excluding tert-OH is 1. The van der Waals surface area contributed by atoms with Gasteiger partial charge in [0.1, 0.15) is 6.23 Å². The number of nitrogens with one attached hydrogen (secondary N) is 1. The van der Waals surface area contributed by atoms with Crippen molar-refractivity contribution in [3.8, 4) is 11.5 Å². The number of rotatable bonds is 6. The first-order chi connectivity index (χ1) is 11.5. The number of hydrogen-bond acceptors (Lipinski definition) is 4. The predicted molar refractivity (Wildman–Crippen MR) is 92.3 cm³/mol. The summed E-state index contributed by atoms with van der Waals surface area (Å²) in [7, 11) is 1.44. The van der Waals surface area contributed by atoms with Crippen molar-refractivity contribution in [2.75, 3.05) is 7.11 Å². The van der Waals surface area contributed by atoms with E-state index < -0.39 is 18.1 Å². The van der Waals surface area contributed by atoms with Crippen LogP contribution in [0.4, 0.5) is 0 Å². The average Bonchev–Trinajstić information content (AvgIpc) is 2.58. The molecular formula is C18H18ClNO4. The molecule has 2 unspecified atom stereocenters. The fourth-order valence-electron chi connectivity index (χ4n) is 2.40. The largest absolute Gasteiger partial charge is 0.504 e. The van der Waals surface area contributed by atoms with Gasteiger partial charge in [0.15, 0.2) is 11.5 Å². The molecule has 24 heavy (non-hydrogen) atoms. The molecule has 2 rings (SSSR count). The van der Waals surface area contributed by atoms with Gasteiger partial charge in [0.25, 0.3) is 0 Å². The van der Waals surface area contributed by atoms with Crippen molar-refractivity contribution in [1.29, 1.82) is 0 Å². The molecule has 2 aromatic rings. The summed E-state index contributed by atoms with van der Waals surface area (Å²) in [6.07, 6.45) is -0.120. The van der Waals surface area contributed by atoms with Crippen LogP contribution in [-0.2, 0) is 4.79 Å². The number of amides is 1. The summed E-state index contributed by atoms with van der Waals surface area (Å²) in [4.78, 5) is 11.5. The molecule has 0 heterocycles. The molecule has 2 atom stereocenters. The molecule has 3 N–H and O–H groups in total. The summed E-state index contributed by atoms with van der Waals surface area (Å²) >= 11 is 5.92. The van der Waals surface area contributed by atoms with Crippen molar-refractivity contribution in [1.82, 2.24) is 5.32 Å². The number of benzene rings is 2. The molecule has 0 bridgehead atoms. The van der Waals surface area contributed by atoms with E-state index in [4.69, 9.17) is 16.3 Å². The molecule has 0 aliphatic rings. The molecule has 0 radical (unpaired) electrons. The summed E-state index contributed by atoms with van der Waals surface area (Å²) in [6, 6.07) is 11.6. The molecule has 0 aliphatic heterocycles. The average molecular weight is 348 g/mol. The number of ether oxygens (including phenoxy) is 1. The van der Waals surface area contributed by atoms with Crippen LogP contribution in [0.5, 0.6) is 11.5 Å². The first kappa shape index (κ1) is 17.8. The second-order valence-electron chi connectivity index (χ2n) is 5.12. The fraction of sp³-hybridized carbons (Fsp3) is 0.167. The van der Waals surface area contributed by atoms with Gasteiger partial charge in [-0.3, -0.25) is 4.79 Å². The second kappa shape index (κ2) is 7.86. The molecule has 5 nitrogen and oxygen atoms in total. The van der Waals surface area contributed by atoms with Gasteiger partial charge >= 0.3 is 0 Å². The van der Waals surface area contributed by atoms with E-state index >= 15 is 0 Å². The van der Waals surface area contributed by atoms with Crippen LogP contribution in [0.3, 0.4) is 0 Å². The number of phenolic OH excluding ortho intramolecular Hbond substituents is 1. The zero-order valence-electron chi connectivity index (χ0n) is 13.1. The Morgan fingerprint density at radius 2 is 1.88 bits per heavy atom. The van der Waals surface area contributed by atoms with E-state index in [2.05, 4.69) is 11.9 Å². The molecule has 6 heteroatoms. The quantitative estimate of drug-likeness (QED) is 0.554. The number of phenols is 1. The molecule has 126 valence electrons. The van der Waals surface area contributed by atoms with Crippen LogP contribution in [0, 0.1) is 0 Å². The smallest absolute Gasteiger partial charge is 0.245 e. The molecular weight excluding hydrogens is 330 g/mol. The van der Waals surface area contributed by atoms with Crippen molar-refractivity contribution >= 4 is 17.5 Å². The minimum absolute atomic E-state index is 0.0132. The van der Waals surface area contributed by atoms with E-state index in [0.717, 1.165) is 11.6 Å². The predicted octanol–water partition coefficient (Wildman–Crippen LogP) is 2.81. The molecule has 0 saturated heterocycles. The SMILES string of the molecule is C=CC(=O)NC(O)C(c1ccc(Cl)cc1)c1ccc(O)c(OC)c1. The van der Waals surface area contributed by atoms with E-state index in [1.807, 2.05) is 0 Å². The first-order valence-electron chi connectivity index (χ1n) is 7.19. The van der Waals surface area contributed by atoms with Gasteiger partial charge in [-0.1, -0.05) is 36.4 Å². The molecule has 2 aromatic carbocycles. The van der Waals surface area contributed by atoms with Crippen molar-refractivity contribution in [2.45, 2.75) is 12.1 Å². The van der Waals surface area contributed by atoms with Crippen molar-refractivity contribution < 1.29 is 19.7 Å². The van der Waals surface area contributed by atoms with E-state index in [-0.39, 0.29) is 11.5 Å². The minimum Gasteiger partial charge on any atom is -0.504 e. The minimum atomic E-state index is -1.20. The standard InChI is InChI=1S/C18H18ClNO4/c1-3-16(22)20-18(23)17(11-4-7-13(19)8-5-11)12-6-9-14(21)15(10-12)24-2/h3-10,17-18,21,23H,1H2,2H3,(H,20,22). The summed E-state index contributed by atoms with van der Waals surface area (Å²) in [5, 5.41) is 23.3. The van der Waals surface area contributed by atoms with Crippen LogP contribution in [0.15, 0.2) is 55.1 Å². The Morgan fingerprint density at radius 3 is 2.46 bits per heavy atom. The maximum absolute atomic E-state index is 11.5. The van der Waals surface area contributed by atoms with E-state index in [9.17, 15) is 15.0 Å². The number of methoxy groups -OCH3 is 1. The van der Waals surface area contributed by atoms with Crippen LogP contribution in [0.25, 0.3) is 0 Å². The lowest BCUT2D eigenvalue weighted by molar-refractivity contribution is -0.119. The van der Waals surface area contributed by atoms with Gasteiger partial charge in [0, 0.05) is 5.02 Å². The number of halogens is 1. The summed E-state index contributed by atoms with van der Waals surface area (Å²) in [5.74, 6) is -0.817. The molecule has 1 amide bonds. The summed E-state index contributed by atoms with van der Waals surface area (Å²) in [5.41, 5.74) is 1.40. The molecule has 0 aromatic heterocycles. The fourth-order valence-corrected chi connectivity index (χ4v) is 2.53. The third-order valence-electron chi connectivity index (χ3n) is 3.58. The van der Waals surface area contributed by atoms with E-state index in [0.29, 0.717) is 10.6 Å². The third kappa shape index (κ3) is 4.07. The molecule has 0 spiro atoms. The Labute approximate surface area is 145 Å². The lowest BCUT2D eigenvalue weighted by Crippen LogP contribution is -2.38. The van der Waals surface area contributed by atoms with Gasteiger partial charge in [-0.25, -0.2) is 0 Å². The monoisotopic (exact) mass is 347 g/mol. The van der Waals surface area contributed by atoms with Crippen LogP contribution in [-0.4, -0.2) is 29.5 Å². The second-order valence-corrected chi connectivity index (χ2v) is 5.55. The van der Waals surface area contributed by atoms with Crippen molar-refractivity contribution in [3.05, 3.63) is 71.3 Å². The number of aromatic hydroxyl groups is 1. The van der Waals surface area contributed by atoms with Gasteiger partial charge in [-0.05, 0) is 41.5 Å². The zero-order chi connectivity index (χ0) is 17.7. The summed E-state index contributed by atoms with van der Waals surface area (Å²) < 4.78 is 5.12. The summed E-state index contributed by atoms with van der Waals surface area (Å²) in [6.45, 7) is 3.38. The lowest BCUT2D eigenvalue weighted by atomic mass is 9.89. The van der Waals surface area contributed by atoms with E-state index in [1.54, 1.807) is 36.4 Å².